The second-order valence-corrected chi connectivity index (χ2v) is 5.32. The Morgan fingerprint density at radius 3 is 2.95 bits per heavy atom. The van der Waals surface area contributed by atoms with Crippen LogP contribution in [0.1, 0.15) is 30.1 Å². The molecule has 20 heavy (non-hydrogen) atoms. The van der Waals surface area contributed by atoms with E-state index < -0.39 is 10.8 Å². The smallest absolute Gasteiger partial charge is 0.283 e. The lowest BCUT2D eigenvalue weighted by molar-refractivity contribution is -0.385. The van der Waals surface area contributed by atoms with Crippen LogP contribution in [0.4, 0.5) is 5.69 Å². The molecule has 2 atom stereocenters. The van der Waals surface area contributed by atoms with Gasteiger partial charge in [0.15, 0.2) is 0 Å². The number of hydrogen-bond donors (Lipinski definition) is 2. The molecule has 1 saturated heterocycles. The van der Waals surface area contributed by atoms with E-state index in [0.717, 1.165) is 19.4 Å². The summed E-state index contributed by atoms with van der Waals surface area (Å²) in [5, 5.41) is 17.3. The van der Waals surface area contributed by atoms with Gasteiger partial charge in [0.25, 0.3) is 11.6 Å². The second kappa shape index (κ2) is 6.19. The Hall–Kier alpha value is -1.66. The summed E-state index contributed by atoms with van der Waals surface area (Å²) in [6.07, 6.45) is 1.83. The average molecular weight is 298 g/mol. The summed E-state index contributed by atoms with van der Waals surface area (Å²) < 4.78 is 0. The van der Waals surface area contributed by atoms with Crippen LogP contribution >= 0.6 is 11.6 Å². The summed E-state index contributed by atoms with van der Waals surface area (Å²) in [6, 6.07) is 4.19. The highest BCUT2D eigenvalue weighted by Crippen LogP contribution is 2.23. The lowest BCUT2D eigenvalue weighted by Crippen LogP contribution is -2.51. The number of nitro groups is 1. The van der Waals surface area contributed by atoms with Crippen molar-refractivity contribution in [1.29, 1.82) is 0 Å². The maximum Gasteiger partial charge on any atom is 0.283 e. The third kappa shape index (κ3) is 3.26. The highest BCUT2D eigenvalue weighted by molar-refractivity contribution is 6.31. The fourth-order valence-corrected chi connectivity index (χ4v) is 2.50. The van der Waals surface area contributed by atoms with Crippen LogP contribution in [0.3, 0.4) is 0 Å². The highest BCUT2D eigenvalue weighted by Gasteiger charge is 2.26. The van der Waals surface area contributed by atoms with Crippen molar-refractivity contribution < 1.29 is 9.72 Å². The SMILES string of the molecule is CC1NCCCC1NC(=O)c1ccc(Cl)cc1[N+](=O)[O-]. The van der Waals surface area contributed by atoms with Gasteiger partial charge >= 0.3 is 0 Å². The molecule has 1 aliphatic heterocycles. The summed E-state index contributed by atoms with van der Waals surface area (Å²) in [4.78, 5) is 22.6. The van der Waals surface area contributed by atoms with Gasteiger partial charge in [0, 0.05) is 23.2 Å². The van der Waals surface area contributed by atoms with Gasteiger partial charge in [-0.15, -0.1) is 0 Å². The molecule has 0 spiro atoms. The van der Waals surface area contributed by atoms with Crippen molar-refractivity contribution in [2.75, 3.05) is 6.54 Å². The molecule has 1 amide bonds. The maximum absolute atomic E-state index is 12.2. The Morgan fingerprint density at radius 1 is 1.55 bits per heavy atom. The monoisotopic (exact) mass is 297 g/mol. The Bertz CT molecular complexity index is 536. The summed E-state index contributed by atoms with van der Waals surface area (Å²) in [6.45, 7) is 2.91. The molecule has 1 aromatic rings. The maximum atomic E-state index is 12.2. The number of halogens is 1. The molecule has 1 fully saturated rings. The van der Waals surface area contributed by atoms with Crippen LogP contribution in [0.25, 0.3) is 0 Å². The van der Waals surface area contributed by atoms with Crippen LogP contribution in [0, 0.1) is 10.1 Å². The second-order valence-electron chi connectivity index (χ2n) is 4.88. The van der Waals surface area contributed by atoms with Gasteiger partial charge in [0.1, 0.15) is 5.56 Å². The third-order valence-corrected chi connectivity index (χ3v) is 3.71. The van der Waals surface area contributed by atoms with Gasteiger partial charge in [-0.05, 0) is 38.4 Å². The van der Waals surface area contributed by atoms with Crippen LogP contribution < -0.4 is 10.6 Å². The van der Waals surface area contributed by atoms with E-state index >= 15 is 0 Å². The van der Waals surface area contributed by atoms with E-state index in [1.54, 1.807) is 0 Å². The van der Waals surface area contributed by atoms with Gasteiger partial charge < -0.3 is 10.6 Å². The summed E-state index contributed by atoms with van der Waals surface area (Å²) in [7, 11) is 0. The van der Waals surface area contributed by atoms with E-state index in [-0.39, 0.29) is 28.4 Å². The number of nitrogens with one attached hydrogen (secondary N) is 2. The number of rotatable bonds is 3. The van der Waals surface area contributed by atoms with Crippen LogP contribution in [0.5, 0.6) is 0 Å². The first-order valence-electron chi connectivity index (χ1n) is 6.47. The molecule has 7 heteroatoms. The predicted octanol–water partition coefficient (Wildman–Crippen LogP) is 2.12. The third-order valence-electron chi connectivity index (χ3n) is 3.48. The first kappa shape index (κ1) is 14.7. The van der Waals surface area contributed by atoms with Crippen molar-refractivity contribution in [3.05, 3.63) is 38.9 Å². The molecular formula is C13H16ClN3O3. The quantitative estimate of drug-likeness (QED) is 0.661. The minimum Gasteiger partial charge on any atom is -0.348 e. The normalized spacial score (nSPS) is 22.3. The van der Waals surface area contributed by atoms with Crippen molar-refractivity contribution in [2.24, 2.45) is 0 Å². The summed E-state index contributed by atoms with van der Waals surface area (Å²) in [5.74, 6) is -0.436. The molecule has 1 aromatic carbocycles. The zero-order valence-corrected chi connectivity index (χ0v) is 11.8. The van der Waals surface area contributed by atoms with Crippen molar-refractivity contribution in [1.82, 2.24) is 10.6 Å². The predicted molar refractivity (Wildman–Crippen MR) is 76.1 cm³/mol. The molecule has 0 aromatic heterocycles. The molecule has 0 radical (unpaired) electrons. The number of nitro benzene ring substituents is 1. The minimum absolute atomic E-state index is 0.0217. The van der Waals surface area contributed by atoms with Gasteiger partial charge in [0.2, 0.25) is 0 Å². The van der Waals surface area contributed by atoms with Gasteiger partial charge in [-0.25, -0.2) is 0 Å². The lowest BCUT2D eigenvalue weighted by atomic mass is 9.99. The van der Waals surface area contributed by atoms with E-state index in [2.05, 4.69) is 10.6 Å². The van der Waals surface area contributed by atoms with Crippen molar-refractivity contribution >= 4 is 23.2 Å². The van der Waals surface area contributed by atoms with Gasteiger partial charge in [-0.2, -0.15) is 0 Å². The molecular weight excluding hydrogens is 282 g/mol. The van der Waals surface area contributed by atoms with E-state index in [9.17, 15) is 14.9 Å². The minimum atomic E-state index is -0.594. The summed E-state index contributed by atoms with van der Waals surface area (Å²) >= 11 is 5.73. The Kier molecular flexibility index (Phi) is 4.57. The molecule has 2 rings (SSSR count). The standard InChI is InChI=1S/C13H16ClN3O3/c1-8-11(3-2-6-15-8)16-13(18)10-5-4-9(14)7-12(10)17(19)20/h4-5,7-8,11,15H,2-3,6H2,1H3,(H,16,18). The number of carbonyl (C=O) groups is 1. The van der Waals surface area contributed by atoms with E-state index in [4.69, 9.17) is 11.6 Å². The number of nitrogens with zero attached hydrogens (tertiary/aromatic N) is 1. The number of carbonyl (C=O) groups excluding carboxylic acids is 1. The molecule has 108 valence electrons. The highest BCUT2D eigenvalue weighted by atomic mass is 35.5. The fourth-order valence-electron chi connectivity index (χ4n) is 2.34. The Balaban J connectivity index is 2.18. The van der Waals surface area contributed by atoms with Crippen molar-refractivity contribution in [3.8, 4) is 0 Å². The fraction of sp³-hybridized carbons (Fsp3) is 0.462. The van der Waals surface area contributed by atoms with E-state index in [1.807, 2.05) is 6.92 Å². The number of benzene rings is 1. The molecule has 1 heterocycles. The number of amides is 1. The first-order valence-corrected chi connectivity index (χ1v) is 6.85. The molecule has 1 aliphatic rings. The summed E-state index contributed by atoms with van der Waals surface area (Å²) in [5.41, 5.74) is -0.233. The molecule has 0 bridgehead atoms. The Labute approximate surface area is 121 Å². The molecule has 2 N–H and O–H groups in total. The lowest BCUT2D eigenvalue weighted by Gasteiger charge is -2.30. The molecule has 2 unspecified atom stereocenters. The average Bonchev–Trinajstić information content (AvgIpc) is 2.41. The van der Waals surface area contributed by atoms with Crippen LogP contribution in [-0.4, -0.2) is 29.5 Å². The molecule has 6 nitrogen and oxygen atoms in total. The number of hydrogen-bond acceptors (Lipinski definition) is 4. The zero-order valence-electron chi connectivity index (χ0n) is 11.1. The van der Waals surface area contributed by atoms with Gasteiger partial charge in [-0.1, -0.05) is 11.6 Å². The number of piperidine rings is 1. The van der Waals surface area contributed by atoms with Crippen LogP contribution in [0.15, 0.2) is 18.2 Å². The Morgan fingerprint density at radius 2 is 2.30 bits per heavy atom. The molecule has 0 aliphatic carbocycles. The largest absolute Gasteiger partial charge is 0.348 e. The van der Waals surface area contributed by atoms with Crippen molar-refractivity contribution in [2.45, 2.75) is 31.8 Å². The van der Waals surface area contributed by atoms with E-state index in [0.29, 0.717) is 0 Å². The molecule has 0 saturated carbocycles. The van der Waals surface area contributed by atoms with E-state index in [1.165, 1.54) is 18.2 Å². The zero-order chi connectivity index (χ0) is 14.7. The topological polar surface area (TPSA) is 84.3 Å². The first-order chi connectivity index (χ1) is 9.49. The van der Waals surface area contributed by atoms with Crippen LogP contribution in [0.2, 0.25) is 5.02 Å². The van der Waals surface area contributed by atoms with Crippen LogP contribution in [-0.2, 0) is 0 Å². The van der Waals surface area contributed by atoms with Gasteiger partial charge in [-0.3, -0.25) is 14.9 Å². The van der Waals surface area contributed by atoms with Crippen molar-refractivity contribution in [3.63, 3.8) is 0 Å². The van der Waals surface area contributed by atoms with Gasteiger partial charge in [0.05, 0.1) is 4.92 Å².